The molecule has 0 fully saturated rings. The van der Waals surface area contributed by atoms with Crippen molar-refractivity contribution in [3.8, 4) is 0 Å². The molecule has 0 rings (SSSR count). The Hall–Kier alpha value is 6.13. The van der Waals surface area contributed by atoms with Crippen LogP contribution in [0.25, 0.3) is 0 Å². The maximum Gasteiger partial charge on any atom is 0.308 e. The molecular formula is C9H46Gd6O23+4. The molecule has 0 radical (unpaired) electrons. The minimum atomic E-state index is -1.72. The maximum absolute atomic E-state index is 9.49. The van der Waals surface area contributed by atoms with Gasteiger partial charge in [-0.1, -0.05) is 0 Å². The molecular weight excluding hydrogens is 1420 g/mol. The van der Waals surface area contributed by atoms with Gasteiger partial charge in [-0.3, -0.25) is 9.59 Å². The molecule has 0 aromatic rings. The van der Waals surface area contributed by atoms with E-state index in [-0.39, 0.29) is 300 Å². The van der Waals surface area contributed by atoms with Crippen molar-refractivity contribution in [1.82, 2.24) is 0 Å². The van der Waals surface area contributed by atoms with E-state index in [4.69, 9.17) is 51.1 Å². The number of carboxylic acids is 2. The molecule has 29 heteroatoms. The van der Waals surface area contributed by atoms with Gasteiger partial charge in [0.25, 0.3) is 0 Å². The van der Waals surface area contributed by atoms with Gasteiger partial charge in [-0.25, -0.2) is 0 Å². The summed E-state index contributed by atoms with van der Waals surface area (Å²) < 4.78 is 0. The summed E-state index contributed by atoms with van der Waals surface area (Å²) in [6, 6.07) is 0. The van der Waals surface area contributed by atoms with Crippen LogP contribution in [0.4, 0.5) is 0 Å². The fourth-order valence-electron chi connectivity index (χ4n) is 0.501. The largest absolute Gasteiger partial charge is 0.481 e. The number of aliphatic carboxylic acids is 2. The second-order valence-corrected chi connectivity index (χ2v) is 3.35. The average molecular weight is 1470 g/mol. The maximum atomic E-state index is 9.49. The van der Waals surface area contributed by atoms with Crippen molar-refractivity contribution >= 4 is 11.9 Å². The standard InChI is InChI=1S/C3H8O4.2C3H6O4.6Gd.11H2O/c3*4-2(5)1-3(6)7;;;;;;;;;;;;;;;;;/h2-7H,1H2;2*2,4-5H,1H2,(H,6,7);;;;;;;11*1H2/p+4. The average Bonchev–Trinajstić information content (AvgIpc) is 2.10. The van der Waals surface area contributed by atoms with Crippen LogP contribution in [0.5, 0.6) is 0 Å². The molecule has 264 valence electrons. The molecule has 0 aliphatic heterocycles. The van der Waals surface area contributed by atoms with E-state index in [0.29, 0.717) is 0 Å². The Kier molecular flexibility index (Phi) is 386. The third-order valence-electron chi connectivity index (χ3n) is 1.14. The van der Waals surface area contributed by atoms with E-state index in [1.54, 1.807) is 0 Å². The summed E-state index contributed by atoms with van der Waals surface area (Å²) >= 11 is 0. The monoisotopic (exact) mass is 1470 g/mol. The van der Waals surface area contributed by atoms with Gasteiger partial charge in [0, 0.05) is 246 Å². The molecule has 0 aliphatic rings. The Bertz CT molecular complexity index is 266. The molecule has 0 saturated carbocycles. The van der Waals surface area contributed by atoms with Crippen LogP contribution in [0, 0.1) is 240 Å². The molecule has 0 amide bonds. The Labute approximate surface area is 407 Å². The first-order valence-corrected chi connectivity index (χ1v) is 5.26. The van der Waals surface area contributed by atoms with Gasteiger partial charge in [0.15, 0.2) is 25.2 Å². The second-order valence-electron chi connectivity index (χ2n) is 3.35. The topological polar surface area (TPSA) is 589 Å². The molecule has 23 nitrogen and oxygen atoms in total. The van der Waals surface area contributed by atoms with Gasteiger partial charge in [0.2, 0.25) is 0 Å². The molecule has 0 unspecified atom stereocenters. The van der Waals surface area contributed by atoms with Crippen molar-refractivity contribution in [1.29, 1.82) is 0 Å². The Balaban J connectivity index is -0.00000000581. The summed E-state index contributed by atoms with van der Waals surface area (Å²) in [6.07, 6.45) is -8.34. The Morgan fingerprint density at radius 3 is 0.526 bits per heavy atom. The van der Waals surface area contributed by atoms with Crippen LogP contribution < -0.4 is 0 Å². The summed E-state index contributed by atoms with van der Waals surface area (Å²) in [5.74, 6) is -2.43. The predicted molar refractivity (Wildman–Crippen MR) is 107 cm³/mol. The number of rotatable bonds is 6. The van der Waals surface area contributed by atoms with Gasteiger partial charge in [-0.15, -0.1) is 0 Å². The second kappa shape index (κ2) is 104. The van der Waals surface area contributed by atoms with E-state index in [1.165, 1.54) is 0 Å². The van der Waals surface area contributed by atoms with Crippen LogP contribution in [-0.4, -0.2) is 126 Å². The first-order chi connectivity index (χ1) is 9.38. The molecule has 0 spiro atoms. The molecule has 38 heavy (non-hydrogen) atoms. The summed E-state index contributed by atoms with van der Waals surface area (Å²) in [5, 5.41) is 79.0. The van der Waals surface area contributed by atoms with Crippen molar-refractivity contribution in [3.63, 3.8) is 0 Å². The number of aliphatic hydroxyl groups is 8. The van der Waals surface area contributed by atoms with Crippen LogP contribution in [0.1, 0.15) is 19.3 Å². The zero-order chi connectivity index (χ0) is 17.6. The number of aliphatic hydroxyl groups excluding tert-OH is 4. The first kappa shape index (κ1) is 141. The number of hydrogen-bond acceptors (Lipinski definition) is 10. The summed E-state index contributed by atoms with van der Waals surface area (Å²) in [5.41, 5.74) is 0. The van der Waals surface area contributed by atoms with E-state index in [1.807, 2.05) is 0 Å². The van der Waals surface area contributed by atoms with Crippen molar-refractivity contribution < 1.29 is 361 Å². The summed E-state index contributed by atoms with van der Waals surface area (Å²) in [7, 11) is 0. The quantitative estimate of drug-likeness (QED) is 0.0876. The molecule has 0 aromatic heterocycles. The minimum absolute atomic E-state index is 0. The minimum Gasteiger partial charge on any atom is -0.481 e. The van der Waals surface area contributed by atoms with Crippen LogP contribution in [0.3, 0.4) is 0 Å². The molecule has 0 heterocycles. The van der Waals surface area contributed by atoms with E-state index in [2.05, 4.69) is 0 Å². The molecule has 0 saturated heterocycles. The van der Waals surface area contributed by atoms with E-state index in [0.717, 1.165) is 0 Å². The summed E-state index contributed by atoms with van der Waals surface area (Å²) in [4.78, 5) is 19.0. The van der Waals surface area contributed by atoms with Crippen LogP contribution in [-0.2, 0) is 31.5 Å². The van der Waals surface area contributed by atoms with Gasteiger partial charge in [0.05, 0.1) is 12.8 Å². The molecule has 0 aliphatic carbocycles. The fraction of sp³-hybridized carbons (Fsp3) is 0.778. The summed E-state index contributed by atoms with van der Waals surface area (Å²) in [6.45, 7) is 0. The van der Waals surface area contributed by atoms with Crippen molar-refractivity contribution in [2.75, 3.05) is 0 Å². The van der Waals surface area contributed by atoms with Crippen LogP contribution in [0.15, 0.2) is 0 Å². The normalized spacial score (nSPS) is 5.58. The van der Waals surface area contributed by atoms with Gasteiger partial charge >= 0.3 is 11.9 Å². The van der Waals surface area contributed by atoms with Crippen LogP contribution >= 0.6 is 0 Å². The van der Waals surface area contributed by atoms with Gasteiger partial charge < -0.3 is 111 Å². The smallest absolute Gasteiger partial charge is 0.308 e. The van der Waals surface area contributed by atoms with E-state index < -0.39 is 56.4 Å². The predicted octanol–water partition coefficient (Wildman–Crippen LogP) is -13.9. The zero-order valence-electron chi connectivity index (χ0n) is 18.7. The molecule has 36 N–H and O–H groups in total. The van der Waals surface area contributed by atoms with Crippen molar-refractivity contribution in [2.24, 2.45) is 0 Å². The Morgan fingerprint density at radius 2 is 0.526 bits per heavy atom. The third kappa shape index (κ3) is 217. The number of hydrogen-bond donors (Lipinski definition) is 10. The number of carboxylic acid groups (broad SMARTS) is 2. The van der Waals surface area contributed by atoms with Gasteiger partial charge in [-0.2, -0.15) is 0 Å². The molecule has 0 aromatic carbocycles. The van der Waals surface area contributed by atoms with Gasteiger partial charge in [0.1, 0.15) is 0 Å². The van der Waals surface area contributed by atoms with Crippen molar-refractivity contribution in [2.45, 2.75) is 44.4 Å². The first-order valence-electron chi connectivity index (χ1n) is 5.26. The van der Waals surface area contributed by atoms with Crippen molar-refractivity contribution in [3.05, 3.63) is 0 Å². The van der Waals surface area contributed by atoms with E-state index >= 15 is 0 Å². The number of carbonyl (C=O) groups is 2. The molecule has 0 atom stereocenters. The van der Waals surface area contributed by atoms with Gasteiger partial charge in [-0.05, 0) is 0 Å². The fourth-order valence-corrected chi connectivity index (χ4v) is 0.501. The van der Waals surface area contributed by atoms with E-state index in [9.17, 15) is 9.59 Å². The third-order valence-corrected chi connectivity index (χ3v) is 1.14. The zero-order valence-corrected chi connectivity index (χ0v) is 32.3. The molecule has 0 bridgehead atoms. The van der Waals surface area contributed by atoms with Crippen LogP contribution in [0.2, 0.25) is 0 Å². The SMILES string of the molecule is O.O.O.O.O.O.O.O=C(O)CC(O)O.O=C(O)CC(O)O.OC(O)CC(O)O.[Gd].[Gd].[Gd].[Gd].[Gd].[Gd].[OH3+].[OH3+].[OH3+].[OH3+]. The Morgan fingerprint density at radius 1 is 0.395 bits per heavy atom.